The van der Waals surface area contributed by atoms with E-state index in [9.17, 15) is 4.79 Å². The molecule has 0 bridgehead atoms. The second-order valence-corrected chi connectivity index (χ2v) is 6.33. The van der Waals surface area contributed by atoms with Crippen LogP contribution in [0.5, 0.6) is 0 Å². The van der Waals surface area contributed by atoms with Crippen molar-refractivity contribution < 1.29 is 4.79 Å². The molecule has 1 aliphatic rings. The summed E-state index contributed by atoms with van der Waals surface area (Å²) in [5.74, 6) is 1.34. The topological polar surface area (TPSA) is 85.2 Å². The number of benzene rings is 1. The van der Waals surface area contributed by atoms with E-state index in [4.69, 9.17) is 16.5 Å². The Bertz CT molecular complexity index is 691. The first kappa shape index (κ1) is 16.5. The molecule has 0 unspecified atom stereocenters. The molecule has 0 aliphatic carbocycles. The number of piperidine rings is 1. The van der Waals surface area contributed by atoms with Crippen LogP contribution in [-0.2, 0) is 0 Å². The Balaban J connectivity index is 1.74. The van der Waals surface area contributed by atoms with Crippen molar-refractivity contribution >= 4 is 11.7 Å². The maximum absolute atomic E-state index is 11.2. The summed E-state index contributed by atoms with van der Waals surface area (Å²) < 4.78 is 0. The van der Waals surface area contributed by atoms with Gasteiger partial charge in [0.2, 0.25) is 5.91 Å². The minimum absolute atomic E-state index is 0.413. The molecular formula is C19H24N4O. The van der Waals surface area contributed by atoms with Crippen molar-refractivity contribution in [3.63, 3.8) is 0 Å². The highest BCUT2D eigenvalue weighted by atomic mass is 16.1. The van der Waals surface area contributed by atoms with Crippen molar-refractivity contribution in [2.45, 2.75) is 19.3 Å². The lowest BCUT2D eigenvalue weighted by molar-refractivity contribution is 0.100. The first-order valence-electron chi connectivity index (χ1n) is 8.49. The number of hydrogen-bond acceptors (Lipinski definition) is 4. The van der Waals surface area contributed by atoms with E-state index >= 15 is 0 Å². The van der Waals surface area contributed by atoms with Crippen molar-refractivity contribution in [2.24, 2.45) is 17.4 Å². The van der Waals surface area contributed by atoms with Gasteiger partial charge in [-0.05, 0) is 56.0 Å². The van der Waals surface area contributed by atoms with Crippen LogP contribution in [0.2, 0.25) is 0 Å². The van der Waals surface area contributed by atoms with Gasteiger partial charge in [0.15, 0.2) is 0 Å². The predicted octanol–water partition coefficient (Wildman–Crippen LogP) is 2.41. The first-order valence-corrected chi connectivity index (χ1v) is 8.49. The number of nitrogens with zero attached hydrogens (tertiary/aromatic N) is 2. The summed E-state index contributed by atoms with van der Waals surface area (Å²) in [7, 11) is 0. The van der Waals surface area contributed by atoms with Gasteiger partial charge in [-0.3, -0.25) is 4.79 Å². The van der Waals surface area contributed by atoms with Crippen LogP contribution in [0.4, 0.5) is 5.82 Å². The number of primary amides is 1. The molecular weight excluding hydrogens is 300 g/mol. The zero-order chi connectivity index (χ0) is 16.9. The van der Waals surface area contributed by atoms with Crippen LogP contribution in [0.1, 0.15) is 29.6 Å². The summed E-state index contributed by atoms with van der Waals surface area (Å²) >= 11 is 0. The summed E-state index contributed by atoms with van der Waals surface area (Å²) in [4.78, 5) is 18.3. The summed E-state index contributed by atoms with van der Waals surface area (Å²) in [6.07, 6.45) is 3.47. The highest BCUT2D eigenvalue weighted by Crippen LogP contribution is 2.26. The second-order valence-electron chi connectivity index (χ2n) is 6.33. The third-order valence-corrected chi connectivity index (χ3v) is 4.71. The number of hydrogen-bond donors (Lipinski definition) is 2. The Kier molecular flexibility index (Phi) is 5.11. The monoisotopic (exact) mass is 324 g/mol. The van der Waals surface area contributed by atoms with Crippen LogP contribution in [0.25, 0.3) is 11.3 Å². The molecule has 5 heteroatoms. The van der Waals surface area contributed by atoms with Crippen LogP contribution in [0.15, 0.2) is 42.5 Å². The largest absolute Gasteiger partial charge is 0.366 e. The van der Waals surface area contributed by atoms with Gasteiger partial charge in [-0.2, -0.15) is 0 Å². The molecule has 0 saturated carbocycles. The molecule has 1 aliphatic heterocycles. The fourth-order valence-electron chi connectivity index (χ4n) is 3.25. The number of nitrogens with two attached hydrogens (primary N) is 2. The van der Waals surface area contributed by atoms with E-state index in [1.54, 1.807) is 12.1 Å². The average Bonchev–Trinajstić information content (AvgIpc) is 2.63. The molecule has 126 valence electrons. The maximum Gasteiger partial charge on any atom is 0.248 e. The van der Waals surface area contributed by atoms with E-state index in [1.807, 2.05) is 24.3 Å². The van der Waals surface area contributed by atoms with Crippen molar-refractivity contribution in [3.05, 3.63) is 48.0 Å². The van der Waals surface area contributed by atoms with Crippen LogP contribution in [0, 0.1) is 5.92 Å². The van der Waals surface area contributed by atoms with Gasteiger partial charge in [-0.15, -0.1) is 0 Å². The molecule has 0 atom stereocenters. The van der Waals surface area contributed by atoms with Gasteiger partial charge >= 0.3 is 0 Å². The lowest BCUT2D eigenvalue weighted by Crippen LogP contribution is -2.34. The van der Waals surface area contributed by atoms with E-state index in [1.165, 1.54) is 12.8 Å². The number of amides is 1. The van der Waals surface area contributed by atoms with Crippen molar-refractivity contribution in [2.75, 3.05) is 24.5 Å². The molecule has 1 saturated heterocycles. The van der Waals surface area contributed by atoms with E-state index in [2.05, 4.69) is 11.0 Å². The van der Waals surface area contributed by atoms with E-state index in [0.717, 1.165) is 49.0 Å². The zero-order valence-electron chi connectivity index (χ0n) is 13.8. The molecule has 2 aromatic rings. The normalized spacial score (nSPS) is 15.5. The molecule has 2 heterocycles. The van der Waals surface area contributed by atoms with E-state index in [0.29, 0.717) is 5.56 Å². The van der Waals surface area contributed by atoms with Gasteiger partial charge in [-0.25, -0.2) is 4.98 Å². The standard InChI is InChI=1S/C19H24N4O/c20-11-8-14-9-12-23(13-10-14)18-3-1-2-17(22-18)15-4-6-16(7-5-15)19(21)24/h1-7,14H,8-13,20H2,(H2,21,24). The summed E-state index contributed by atoms with van der Waals surface area (Å²) in [6.45, 7) is 2.84. The molecule has 0 radical (unpaired) electrons. The number of rotatable bonds is 5. The van der Waals surface area contributed by atoms with E-state index < -0.39 is 5.91 Å². The Morgan fingerprint density at radius 1 is 1.12 bits per heavy atom. The van der Waals surface area contributed by atoms with Crippen molar-refractivity contribution in [1.29, 1.82) is 0 Å². The Morgan fingerprint density at radius 3 is 2.46 bits per heavy atom. The average molecular weight is 324 g/mol. The van der Waals surface area contributed by atoms with Crippen LogP contribution in [0.3, 0.4) is 0 Å². The molecule has 1 fully saturated rings. The second kappa shape index (κ2) is 7.45. The first-order chi connectivity index (χ1) is 11.7. The number of carbonyl (C=O) groups is 1. The molecule has 1 aromatic carbocycles. The molecule has 1 aromatic heterocycles. The minimum atomic E-state index is -0.413. The molecule has 24 heavy (non-hydrogen) atoms. The van der Waals surface area contributed by atoms with Gasteiger partial charge < -0.3 is 16.4 Å². The lowest BCUT2D eigenvalue weighted by atomic mass is 9.93. The van der Waals surface area contributed by atoms with Gasteiger partial charge in [0.1, 0.15) is 5.82 Å². The predicted molar refractivity (Wildman–Crippen MR) is 96.8 cm³/mol. The maximum atomic E-state index is 11.2. The highest BCUT2D eigenvalue weighted by Gasteiger charge is 2.19. The van der Waals surface area contributed by atoms with Gasteiger partial charge in [-0.1, -0.05) is 18.2 Å². The minimum Gasteiger partial charge on any atom is -0.366 e. The number of carbonyl (C=O) groups excluding carboxylic acids is 1. The fourth-order valence-corrected chi connectivity index (χ4v) is 3.25. The fraction of sp³-hybridized carbons (Fsp3) is 0.368. The summed E-state index contributed by atoms with van der Waals surface area (Å²) in [5.41, 5.74) is 13.4. The third kappa shape index (κ3) is 3.74. The molecule has 5 nitrogen and oxygen atoms in total. The number of pyridine rings is 1. The highest BCUT2D eigenvalue weighted by molar-refractivity contribution is 5.93. The van der Waals surface area contributed by atoms with Crippen LogP contribution < -0.4 is 16.4 Å². The van der Waals surface area contributed by atoms with Crippen LogP contribution >= 0.6 is 0 Å². The van der Waals surface area contributed by atoms with Crippen molar-refractivity contribution in [1.82, 2.24) is 4.98 Å². The number of anilines is 1. The Hall–Kier alpha value is -2.40. The smallest absolute Gasteiger partial charge is 0.248 e. The van der Waals surface area contributed by atoms with Crippen LogP contribution in [-0.4, -0.2) is 30.5 Å². The molecule has 1 amide bonds. The molecule has 0 spiro atoms. The zero-order valence-corrected chi connectivity index (χ0v) is 13.8. The quantitative estimate of drug-likeness (QED) is 0.884. The number of aromatic nitrogens is 1. The van der Waals surface area contributed by atoms with Gasteiger partial charge in [0.05, 0.1) is 5.69 Å². The molecule has 4 N–H and O–H groups in total. The molecule has 3 rings (SSSR count). The van der Waals surface area contributed by atoms with Crippen molar-refractivity contribution in [3.8, 4) is 11.3 Å². The summed E-state index contributed by atoms with van der Waals surface area (Å²) in [6, 6.07) is 13.3. The van der Waals surface area contributed by atoms with Gasteiger partial charge in [0, 0.05) is 24.2 Å². The Labute approximate surface area is 142 Å². The SMILES string of the molecule is NCCC1CCN(c2cccc(-c3ccc(C(N)=O)cc3)n2)CC1. The lowest BCUT2D eigenvalue weighted by Gasteiger charge is -2.32. The van der Waals surface area contributed by atoms with Gasteiger partial charge in [0.25, 0.3) is 0 Å². The third-order valence-electron chi connectivity index (χ3n) is 4.71. The summed E-state index contributed by atoms with van der Waals surface area (Å²) in [5, 5.41) is 0. The van der Waals surface area contributed by atoms with E-state index in [-0.39, 0.29) is 0 Å². The Morgan fingerprint density at radius 2 is 1.83 bits per heavy atom.